The number of carbonyl (C=O) groups excluding carboxylic acids is 2. The first kappa shape index (κ1) is 18.7. The Labute approximate surface area is 160 Å². The number of methoxy groups -OCH3 is 1. The highest BCUT2D eigenvalue weighted by Gasteiger charge is 2.11. The summed E-state index contributed by atoms with van der Waals surface area (Å²) in [5.41, 5.74) is 1.90. The second-order valence-electron chi connectivity index (χ2n) is 5.63. The van der Waals surface area contributed by atoms with Crippen LogP contribution >= 0.6 is 11.8 Å². The summed E-state index contributed by atoms with van der Waals surface area (Å²) < 4.78 is 5.27. The van der Waals surface area contributed by atoms with Gasteiger partial charge >= 0.3 is 0 Å². The molecule has 0 aliphatic carbocycles. The zero-order valence-corrected chi connectivity index (χ0v) is 15.7. The van der Waals surface area contributed by atoms with Crippen LogP contribution in [0.25, 0.3) is 10.9 Å². The van der Waals surface area contributed by atoms with Crippen molar-refractivity contribution in [2.24, 2.45) is 0 Å². The van der Waals surface area contributed by atoms with Crippen LogP contribution in [0, 0.1) is 0 Å². The minimum Gasteiger partial charge on any atom is -0.495 e. The molecule has 7 nitrogen and oxygen atoms in total. The number of hydrogen-bond donors (Lipinski definition) is 2. The van der Waals surface area contributed by atoms with Gasteiger partial charge in [0.05, 0.1) is 24.1 Å². The molecule has 0 saturated heterocycles. The molecule has 0 bridgehead atoms. The third-order valence-corrected chi connectivity index (χ3v) is 4.65. The number of carbonyl (C=O) groups is 2. The van der Waals surface area contributed by atoms with Gasteiger partial charge < -0.3 is 15.4 Å². The molecule has 0 aliphatic heterocycles. The van der Waals surface area contributed by atoms with Crippen molar-refractivity contribution >= 4 is 45.9 Å². The molecule has 2 N–H and O–H groups in total. The second kappa shape index (κ2) is 8.50. The van der Waals surface area contributed by atoms with E-state index in [2.05, 4.69) is 20.6 Å². The highest BCUT2D eigenvalue weighted by Crippen LogP contribution is 2.29. The van der Waals surface area contributed by atoms with E-state index >= 15 is 0 Å². The van der Waals surface area contributed by atoms with Gasteiger partial charge in [0.25, 0.3) is 0 Å². The van der Waals surface area contributed by atoms with Gasteiger partial charge in [0, 0.05) is 18.0 Å². The van der Waals surface area contributed by atoms with E-state index in [1.807, 2.05) is 24.3 Å². The van der Waals surface area contributed by atoms with Crippen LogP contribution in [0.15, 0.2) is 53.8 Å². The normalized spacial score (nSPS) is 10.4. The van der Waals surface area contributed by atoms with E-state index in [1.54, 1.807) is 18.2 Å². The van der Waals surface area contributed by atoms with E-state index in [9.17, 15) is 9.59 Å². The minimum atomic E-state index is -0.207. The summed E-state index contributed by atoms with van der Waals surface area (Å²) in [6.45, 7) is 1.42. The highest BCUT2D eigenvalue weighted by atomic mass is 32.2. The smallest absolute Gasteiger partial charge is 0.234 e. The number of hydrogen-bond acceptors (Lipinski definition) is 6. The fourth-order valence-corrected chi connectivity index (χ4v) is 3.29. The molecule has 3 aromatic rings. The summed E-state index contributed by atoms with van der Waals surface area (Å²) in [6, 6.07) is 12.7. The number of rotatable bonds is 6. The third kappa shape index (κ3) is 4.73. The Morgan fingerprint density at radius 3 is 2.70 bits per heavy atom. The van der Waals surface area contributed by atoms with E-state index in [-0.39, 0.29) is 17.6 Å². The van der Waals surface area contributed by atoms with Gasteiger partial charge in [0.2, 0.25) is 11.8 Å². The van der Waals surface area contributed by atoms with Crippen molar-refractivity contribution in [3.05, 3.63) is 48.8 Å². The third-order valence-electron chi connectivity index (χ3n) is 3.64. The fourth-order valence-electron chi connectivity index (χ4n) is 2.50. The summed E-state index contributed by atoms with van der Waals surface area (Å²) in [5, 5.41) is 7.14. The zero-order valence-electron chi connectivity index (χ0n) is 14.9. The lowest BCUT2D eigenvalue weighted by Crippen LogP contribution is -2.15. The van der Waals surface area contributed by atoms with E-state index in [0.29, 0.717) is 17.1 Å². The molecule has 0 atom stereocenters. The number of nitrogens with zero attached hydrogens (tertiary/aromatic N) is 2. The van der Waals surface area contributed by atoms with Crippen molar-refractivity contribution in [3.8, 4) is 5.75 Å². The molecule has 0 spiro atoms. The molecule has 0 fully saturated rings. The van der Waals surface area contributed by atoms with Gasteiger partial charge in [-0.15, -0.1) is 0 Å². The average molecular weight is 382 g/mol. The summed E-state index contributed by atoms with van der Waals surface area (Å²) in [6.07, 6.45) is 1.49. The molecule has 27 heavy (non-hydrogen) atoms. The summed E-state index contributed by atoms with van der Waals surface area (Å²) in [4.78, 5) is 32.1. The average Bonchev–Trinajstić information content (AvgIpc) is 2.66. The van der Waals surface area contributed by atoms with Gasteiger partial charge in [0.1, 0.15) is 17.1 Å². The topological polar surface area (TPSA) is 93.2 Å². The van der Waals surface area contributed by atoms with Gasteiger partial charge in [-0.25, -0.2) is 9.97 Å². The maximum Gasteiger partial charge on any atom is 0.234 e. The minimum absolute atomic E-state index is 0.175. The Hall–Kier alpha value is -3.13. The Bertz CT molecular complexity index is 988. The number of fused-ring (bicyclic) bond motifs is 1. The first-order valence-corrected chi connectivity index (χ1v) is 9.13. The van der Waals surface area contributed by atoms with Gasteiger partial charge in [-0.05, 0) is 24.3 Å². The first-order chi connectivity index (χ1) is 13.1. The standard InChI is InChI=1S/C19H18N4O3S/c1-12(24)22-13-7-8-17(26-2)16(9-13)23-18(25)10-27-19-14-5-3-4-6-15(14)20-11-21-19/h3-9,11H,10H2,1-2H3,(H,22,24)(H,23,25). The lowest BCUT2D eigenvalue weighted by atomic mass is 10.2. The number of nitrogens with one attached hydrogen (secondary N) is 2. The molecule has 1 aromatic heterocycles. The second-order valence-corrected chi connectivity index (χ2v) is 6.59. The summed E-state index contributed by atoms with van der Waals surface area (Å²) in [7, 11) is 1.52. The van der Waals surface area contributed by atoms with Crippen LogP contribution in [0.5, 0.6) is 5.75 Å². The Morgan fingerprint density at radius 1 is 1.11 bits per heavy atom. The largest absolute Gasteiger partial charge is 0.495 e. The molecular formula is C19H18N4O3S. The first-order valence-electron chi connectivity index (χ1n) is 8.15. The van der Waals surface area contributed by atoms with Crippen LogP contribution in [-0.4, -0.2) is 34.6 Å². The lowest BCUT2D eigenvalue weighted by molar-refractivity contribution is -0.114. The number of thioether (sulfide) groups is 1. The SMILES string of the molecule is COc1ccc(NC(C)=O)cc1NC(=O)CSc1ncnc2ccccc12. The van der Waals surface area contributed by atoms with Crippen LogP contribution in [-0.2, 0) is 9.59 Å². The molecular weight excluding hydrogens is 364 g/mol. The van der Waals surface area contributed by atoms with Crippen molar-refractivity contribution < 1.29 is 14.3 Å². The van der Waals surface area contributed by atoms with Crippen LogP contribution in [0.3, 0.4) is 0 Å². The number of para-hydroxylation sites is 1. The molecule has 3 rings (SSSR count). The molecule has 0 saturated carbocycles. The number of anilines is 2. The maximum atomic E-state index is 12.4. The fraction of sp³-hybridized carbons (Fsp3) is 0.158. The van der Waals surface area contributed by atoms with Crippen molar-refractivity contribution in [2.45, 2.75) is 11.9 Å². The predicted molar refractivity (Wildman–Crippen MR) is 106 cm³/mol. The molecule has 1 heterocycles. The van der Waals surface area contributed by atoms with Crippen molar-refractivity contribution in [1.82, 2.24) is 9.97 Å². The predicted octanol–water partition coefficient (Wildman–Crippen LogP) is 3.33. The van der Waals surface area contributed by atoms with Gasteiger partial charge in [0.15, 0.2) is 0 Å². The highest BCUT2D eigenvalue weighted by molar-refractivity contribution is 8.00. The number of amides is 2. The van der Waals surface area contributed by atoms with Gasteiger partial charge in [-0.2, -0.15) is 0 Å². The van der Waals surface area contributed by atoms with E-state index in [4.69, 9.17) is 4.74 Å². The Kier molecular flexibility index (Phi) is 5.87. The zero-order chi connectivity index (χ0) is 19.2. The number of benzene rings is 2. The van der Waals surface area contributed by atoms with Crippen molar-refractivity contribution in [3.63, 3.8) is 0 Å². The van der Waals surface area contributed by atoms with E-state index in [1.165, 1.54) is 32.1 Å². The summed E-state index contributed by atoms with van der Waals surface area (Å²) in [5.74, 6) is 0.286. The molecule has 0 unspecified atom stereocenters. The molecule has 2 amide bonds. The van der Waals surface area contributed by atoms with E-state index < -0.39 is 0 Å². The Morgan fingerprint density at radius 2 is 1.93 bits per heavy atom. The van der Waals surface area contributed by atoms with Gasteiger partial charge in [-0.3, -0.25) is 9.59 Å². The molecule has 138 valence electrons. The molecule has 0 aliphatic rings. The number of ether oxygens (including phenoxy) is 1. The molecule has 0 radical (unpaired) electrons. The van der Waals surface area contributed by atoms with Crippen molar-refractivity contribution in [1.29, 1.82) is 0 Å². The molecule has 2 aromatic carbocycles. The number of aromatic nitrogens is 2. The van der Waals surface area contributed by atoms with Crippen LogP contribution in [0.2, 0.25) is 0 Å². The van der Waals surface area contributed by atoms with Gasteiger partial charge in [-0.1, -0.05) is 30.0 Å². The summed E-state index contributed by atoms with van der Waals surface area (Å²) >= 11 is 1.33. The van der Waals surface area contributed by atoms with Crippen LogP contribution in [0.1, 0.15) is 6.92 Å². The monoisotopic (exact) mass is 382 g/mol. The van der Waals surface area contributed by atoms with Crippen LogP contribution in [0.4, 0.5) is 11.4 Å². The maximum absolute atomic E-state index is 12.4. The Balaban J connectivity index is 1.71. The van der Waals surface area contributed by atoms with E-state index in [0.717, 1.165) is 15.9 Å². The lowest BCUT2D eigenvalue weighted by Gasteiger charge is -2.12. The molecule has 8 heteroatoms. The van der Waals surface area contributed by atoms with Crippen LogP contribution < -0.4 is 15.4 Å². The van der Waals surface area contributed by atoms with Crippen molar-refractivity contribution in [2.75, 3.05) is 23.5 Å². The quantitative estimate of drug-likeness (QED) is 0.502.